The van der Waals surface area contributed by atoms with Gasteiger partial charge in [-0.15, -0.1) is 11.3 Å². The molecule has 0 aliphatic carbocycles. The quantitative estimate of drug-likeness (QED) is 0.884. The van der Waals surface area contributed by atoms with Crippen LogP contribution in [-0.4, -0.2) is 20.8 Å². The molecule has 20 heavy (non-hydrogen) atoms. The Bertz CT molecular complexity index is 557. The average Bonchev–Trinajstić information content (AvgIpc) is 2.98. The van der Waals surface area contributed by atoms with Crippen molar-refractivity contribution in [3.05, 3.63) is 45.1 Å². The molecule has 0 radical (unpaired) electrons. The minimum absolute atomic E-state index is 0.296. The Morgan fingerprint density at radius 1 is 1.30 bits per heavy atom. The van der Waals surface area contributed by atoms with E-state index in [0.717, 1.165) is 12.0 Å². The van der Waals surface area contributed by atoms with Gasteiger partial charge in [0, 0.05) is 17.3 Å². The normalized spacial score (nSPS) is 12.2. The lowest BCUT2D eigenvalue weighted by atomic mass is 9.97. The minimum Gasteiger partial charge on any atom is -0.493 e. The highest BCUT2D eigenvalue weighted by molar-refractivity contribution is 7.10. The smallest absolute Gasteiger partial charge is 0.179 e. The molecule has 0 fully saturated rings. The average molecular weight is 312 g/mol. The molecule has 0 aliphatic heterocycles. The lowest BCUT2D eigenvalue weighted by Gasteiger charge is -2.16. The second kappa shape index (κ2) is 6.97. The highest BCUT2D eigenvalue weighted by Crippen LogP contribution is 2.37. The number of ether oxygens (including phenoxy) is 2. The van der Waals surface area contributed by atoms with Crippen LogP contribution in [0.4, 0.5) is 0 Å². The molecule has 0 bridgehead atoms. The predicted molar refractivity (Wildman–Crippen MR) is 84.4 cm³/mol. The van der Waals surface area contributed by atoms with Crippen LogP contribution in [0.5, 0.6) is 11.5 Å². The van der Waals surface area contributed by atoms with E-state index < -0.39 is 0 Å². The SMILES string of the molecule is COc1cc(CC(CN)c2cccs2)cc(Cl)c1OC. The van der Waals surface area contributed by atoms with E-state index in [2.05, 4.69) is 11.4 Å². The van der Waals surface area contributed by atoms with Crippen molar-refractivity contribution in [2.45, 2.75) is 12.3 Å². The van der Waals surface area contributed by atoms with Crippen LogP contribution < -0.4 is 15.2 Å². The maximum Gasteiger partial charge on any atom is 0.179 e. The van der Waals surface area contributed by atoms with E-state index in [1.807, 2.05) is 18.2 Å². The number of hydrogen-bond donors (Lipinski definition) is 1. The van der Waals surface area contributed by atoms with Gasteiger partial charge < -0.3 is 15.2 Å². The fourth-order valence-electron chi connectivity index (χ4n) is 2.20. The van der Waals surface area contributed by atoms with Crippen LogP contribution in [0.1, 0.15) is 16.4 Å². The van der Waals surface area contributed by atoms with Crippen LogP contribution in [0.15, 0.2) is 29.6 Å². The molecule has 1 atom stereocenters. The third-order valence-electron chi connectivity index (χ3n) is 3.21. The standard InChI is InChI=1S/C15H18ClNO2S/c1-18-13-8-10(7-12(16)15(13)19-2)6-11(9-17)14-4-3-5-20-14/h3-5,7-8,11H,6,9,17H2,1-2H3. The maximum absolute atomic E-state index is 6.23. The fourth-order valence-corrected chi connectivity index (χ4v) is 3.35. The number of thiophene rings is 1. The zero-order chi connectivity index (χ0) is 14.5. The molecule has 0 aliphatic rings. The molecular weight excluding hydrogens is 294 g/mol. The monoisotopic (exact) mass is 311 g/mol. The first-order valence-corrected chi connectivity index (χ1v) is 7.59. The number of halogens is 1. The van der Waals surface area contributed by atoms with Crippen LogP contribution in [0.25, 0.3) is 0 Å². The van der Waals surface area contributed by atoms with Crippen molar-refractivity contribution in [2.75, 3.05) is 20.8 Å². The lowest BCUT2D eigenvalue weighted by Crippen LogP contribution is -2.14. The molecular formula is C15H18ClNO2S. The number of nitrogens with two attached hydrogens (primary N) is 1. The van der Waals surface area contributed by atoms with Gasteiger partial charge in [-0.05, 0) is 35.6 Å². The van der Waals surface area contributed by atoms with Crippen LogP contribution in [0.2, 0.25) is 5.02 Å². The van der Waals surface area contributed by atoms with Gasteiger partial charge in [0.25, 0.3) is 0 Å². The second-order valence-corrected chi connectivity index (χ2v) is 5.85. The molecule has 2 rings (SSSR count). The lowest BCUT2D eigenvalue weighted by molar-refractivity contribution is 0.354. The van der Waals surface area contributed by atoms with Gasteiger partial charge in [-0.25, -0.2) is 0 Å². The summed E-state index contributed by atoms with van der Waals surface area (Å²) in [7, 11) is 3.19. The molecule has 2 N–H and O–H groups in total. The first-order chi connectivity index (χ1) is 9.69. The van der Waals surface area contributed by atoms with Crippen molar-refractivity contribution in [3.8, 4) is 11.5 Å². The van der Waals surface area contributed by atoms with Crippen LogP contribution in [0, 0.1) is 0 Å². The molecule has 3 nitrogen and oxygen atoms in total. The summed E-state index contributed by atoms with van der Waals surface area (Å²) in [6.07, 6.45) is 0.830. The molecule has 0 amide bonds. The molecule has 1 aromatic heterocycles. The van der Waals surface area contributed by atoms with Gasteiger partial charge in [-0.2, -0.15) is 0 Å². The summed E-state index contributed by atoms with van der Waals surface area (Å²) in [5.41, 5.74) is 6.99. The van der Waals surface area contributed by atoms with E-state index in [1.54, 1.807) is 25.6 Å². The van der Waals surface area contributed by atoms with Crippen molar-refractivity contribution in [2.24, 2.45) is 5.73 Å². The summed E-state index contributed by atoms with van der Waals surface area (Å²) in [5.74, 6) is 1.51. The van der Waals surface area contributed by atoms with E-state index in [4.69, 9.17) is 26.8 Å². The first-order valence-electron chi connectivity index (χ1n) is 6.33. The third kappa shape index (κ3) is 3.26. The van der Waals surface area contributed by atoms with Crippen molar-refractivity contribution in [1.82, 2.24) is 0 Å². The Balaban J connectivity index is 2.27. The van der Waals surface area contributed by atoms with Gasteiger partial charge in [-0.1, -0.05) is 17.7 Å². The second-order valence-electron chi connectivity index (χ2n) is 4.47. The van der Waals surface area contributed by atoms with Crippen molar-refractivity contribution in [1.29, 1.82) is 0 Å². The Morgan fingerprint density at radius 2 is 2.10 bits per heavy atom. The van der Waals surface area contributed by atoms with E-state index in [9.17, 15) is 0 Å². The van der Waals surface area contributed by atoms with Gasteiger partial charge in [0.15, 0.2) is 11.5 Å². The van der Waals surface area contributed by atoms with E-state index in [0.29, 0.717) is 29.0 Å². The first kappa shape index (κ1) is 15.2. The Morgan fingerprint density at radius 3 is 2.65 bits per heavy atom. The summed E-state index contributed by atoms with van der Waals surface area (Å²) >= 11 is 7.96. The molecule has 5 heteroatoms. The van der Waals surface area contributed by atoms with E-state index in [-0.39, 0.29) is 0 Å². The Hall–Kier alpha value is -1.23. The Kier molecular flexibility index (Phi) is 5.29. The molecule has 0 saturated carbocycles. The predicted octanol–water partition coefficient (Wildman–Crippen LogP) is 3.70. The van der Waals surface area contributed by atoms with Gasteiger partial charge >= 0.3 is 0 Å². The summed E-state index contributed by atoms with van der Waals surface area (Å²) in [6, 6.07) is 8.04. The van der Waals surface area contributed by atoms with Crippen molar-refractivity contribution < 1.29 is 9.47 Å². The molecule has 1 heterocycles. The summed E-state index contributed by atoms with van der Waals surface area (Å²) < 4.78 is 10.6. The van der Waals surface area contributed by atoms with Gasteiger partial charge in [0.05, 0.1) is 19.2 Å². The largest absolute Gasteiger partial charge is 0.493 e. The van der Waals surface area contributed by atoms with Gasteiger partial charge in [0.2, 0.25) is 0 Å². The zero-order valence-electron chi connectivity index (χ0n) is 11.6. The van der Waals surface area contributed by atoms with Crippen LogP contribution >= 0.6 is 22.9 Å². The topological polar surface area (TPSA) is 44.5 Å². The van der Waals surface area contributed by atoms with E-state index in [1.165, 1.54) is 4.88 Å². The molecule has 0 spiro atoms. The highest BCUT2D eigenvalue weighted by atomic mass is 35.5. The number of rotatable bonds is 6. The third-order valence-corrected chi connectivity index (χ3v) is 4.52. The molecule has 2 aromatic rings. The summed E-state index contributed by atoms with van der Waals surface area (Å²) in [5, 5.41) is 2.63. The molecule has 0 saturated heterocycles. The highest BCUT2D eigenvalue weighted by Gasteiger charge is 2.16. The minimum atomic E-state index is 0.296. The van der Waals surface area contributed by atoms with Crippen molar-refractivity contribution in [3.63, 3.8) is 0 Å². The molecule has 1 aromatic carbocycles. The maximum atomic E-state index is 6.23. The number of hydrogen-bond acceptors (Lipinski definition) is 4. The van der Waals surface area contributed by atoms with Gasteiger partial charge in [0.1, 0.15) is 0 Å². The molecule has 1 unspecified atom stereocenters. The number of benzene rings is 1. The summed E-state index contributed by atoms with van der Waals surface area (Å²) in [6.45, 7) is 0.604. The summed E-state index contributed by atoms with van der Waals surface area (Å²) in [4.78, 5) is 1.29. The fraction of sp³-hybridized carbons (Fsp3) is 0.333. The Labute approximate surface area is 128 Å². The number of methoxy groups -OCH3 is 2. The van der Waals surface area contributed by atoms with E-state index >= 15 is 0 Å². The van der Waals surface area contributed by atoms with Gasteiger partial charge in [-0.3, -0.25) is 0 Å². The molecule has 108 valence electrons. The van der Waals surface area contributed by atoms with Crippen LogP contribution in [0.3, 0.4) is 0 Å². The van der Waals surface area contributed by atoms with Crippen LogP contribution in [-0.2, 0) is 6.42 Å². The van der Waals surface area contributed by atoms with Crippen molar-refractivity contribution >= 4 is 22.9 Å². The zero-order valence-corrected chi connectivity index (χ0v) is 13.1.